The van der Waals surface area contributed by atoms with Crippen molar-refractivity contribution in [1.82, 2.24) is 10.2 Å². The van der Waals surface area contributed by atoms with Crippen LogP contribution in [-0.2, 0) is 26.0 Å². The van der Waals surface area contributed by atoms with E-state index in [1.807, 2.05) is 44.2 Å². The average molecular weight is 504 g/mol. The smallest absolute Gasteiger partial charge is 0.244 e. The van der Waals surface area contributed by atoms with Crippen LogP contribution in [0.1, 0.15) is 33.3 Å². The highest BCUT2D eigenvalue weighted by Gasteiger charge is 2.31. The van der Waals surface area contributed by atoms with Crippen LogP contribution in [-0.4, -0.2) is 62.9 Å². The van der Waals surface area contributed by atoms with Crippen LogP contribution in [0.5, 0.6) is 11.5 Å². The monoisotopic (exact) mass is 503 g/mol. The molecule has 0 aromatic heterocycles. The third kappa shape index (κ3) is 6.66. The predicted octanol–water partition coefficient (Wildman–Crippen LogP) is 2.56. The Kier molecular flexibility index (Phi) is 8.61. The van der Waals surface area contributed by atoms with Crippen molar-refractivity contribution in [1.29, 1.82) is 0 Å². The molecule has 0 radical (unpaired) electrons. The largest absolute Gasteiger partial charge is 0.454 e. The number of rotatable bonds is 11. The fourth-order valence-electron chi connectivity index (χ4n) is 3.74. The summed E-state index contributed by atoms with van der Waals surface area (Å²) in [5.74, 6) is -0.0343. The van der Waals surface area contributed by atoms with Crippen molar-refractivity contribution in [2.45, 2.75) is 46.2 Å². The first-order valence-corrected chi connectivity index (χ1v) is 13.3. The fraction of sp³-hybridized carbons (Fsp3) is 0.440. The molecule has 10 heteroatoms. The van der Waals surface area contributed by atoms with E-state index in [1.54, 1.807) is 25.1 Å². The topological polar surface area (TPSA) is 105 Å². The van der Waals surface area contributed by atoms with Crippen molar-refractivity contribution in [3.63, 3.8) is 0 Å². The van der Waals surface area contributed by atoms with E-state index in [0.29, 0.717) is 23.6 Å². The third-order valence-corrected chi connectivity index (χ3v) is 7.45. The van der Waals surface area contributed by atoms with Gasteiger partial charge in [-0.15, -0.1) is 0 Å². The first-order chi connectivity index (χ1) is 16.6. The van der Waals surface area contributed by atoms with Crippen molar-refractivity contribution in [3.05, 3.63) is 54.1 Å². The van der Waals surface area contributed by atoms with Crippen molar-refractivity contribution in [3.8, 4) is 11.5 Å². The molecule has 1 atom stereocenters. The Balaban J connectivity index is 1.88. The summed E-state index contributed by atoms with van der Waals surface area (Å²) in [6, 6.07) is 13.5. The van der Waals surface area contributed by atoms with Crippen molar-refractivity contribution >= 4 is 27.5 Å². The van der Waals surface area contributed by atoms with Crippen molar-refractivity contribution < 1.29 is 27.5 Å². The number of hydrogen-bond donors (Lipinski definition) is 1. The van der Waals surface area contributed by atoms with Gasteiger partial charge in [-0.1, -0.05) is 30.3 Å². The minimum Gasteiger partial charge on any atom is -0.454 e. The van der Waals surface area contributed by atoms with Gasteiger partial charge in [0, 0.05) is 18.7 Å². The first kappa shape index (κ1) is 26.3. The minimum atomic E-state index is -3.80. The summed E-state index contributed by atoms with van der Waals surface area (Å²) >= 11 is 0. The standard InChI is InChI=1S/C25H33N3O6S/c1-5-35(31,32)28(21-11-12-22-23(15-21)34-17-33-22)16-24(29)27(19(4)25(30)26-18(2)3)14-13-20-9-7-6-8-10-20/h6-12,15,18-19H,5,13-14,16-17H2,1-4H3,(H,26,30). The number of ether oxygens (including phenoxy) is 2. The van der Waals surface area contributed by atoms with Gasteiger partial charge in [0.15, 0.2) is 11.5 Å². The zero-order valence-electron chi connectivity index (χ0n) is 20.6. The highest BCUT2D eigenvalue weighted by Crippen LogP contribution is 2.36. The molecule has 1 aliphatic rings. The Labute approximate surface area is 207 Å². The molecule has 0 saturated heterocycles. The lowest BCUT2D eigenvalue weighted by Crippen LogP contribution is -2.53. The number of fused-ring (bicyclic) bond motifs is 1. The van der Waals surface area contributed by atoms with Crippen LogP contribution < -0.4 is 19.1 Å². The maximum Gasteiger partial charge on any atom is 0.244 e. The second-order valence-electron chi connectivity index (χ2n) is 8.61. The lowest BCUT2D eigenvalue weighted by Gasteiger charge is -2.32. The van der Waals surface area contributed by atoms with E-state index in [4.69, 9.17) is 9.47 Å². The Bertz CT molecular complexity index is 1140. The van der Waals surface area contributed by atoms with Crippen LogP contribution in [0.15, 0.2) is 48.5 Å². The molecular weight excluding hydrogens is 470 g/mol. The van der Waals surface area contributed by atoms with Gasteiger partial charge in [0.1, 0.15) is 12.6 Å². The predicted molar refractivity (Wildman–Crippen MR) is 134 cm³/mol. The summed E-state index contributed by atoms with van der Waals surface area (Å²) in [6.45, 7) is 6.73. The average Bonchev–Trinajstić information content (AvgIpc) is 3.30. The number of nitrogens with zero attached hydrogens (tertiary/aromatic N) is 2. The number of nitrogens with one attached hydrogen (secondary N) is 1. The van der Waals surface area contributed by atoms with Crippen LogP contribution in [0, 0.1) is 0 Å². The molecule has 1 aliphatic heterocycles. The molecule has 190 valence electrons. The molecule has 1 unspecified atom stereocenters. The van der Waals surface area contributed by atoms with Crippen LogP contribution >= 0.6 is 0 Å². The zero-order chi connectivity index (χ0) is 25.6. The van der Waals surface area contributed by atoms with Crippen LogP contribution in [0.25, 0.3) is 0 Å². The minimum absolute atomic E-state index is 0.0496. The van der Waals surface area contributed by atoms with Crippen LogP contribution in [0.2, 0.25) is 0 Å². The molecule has 1 heterocycles. The summed E-state index contributed by atoms with van der Waals surface area (Å²) in [6.07, 6.45) is 0.524. The number of anilines is 1. The first-order valence-electron chi connectivity index (χ1n) is 11.7. The number of sulfonamides is 1. The van der Waals surface area contributed by atoms with Gasteiger partial charge in [-0.2, -0.15) is 0 Å². The number of benzene rings is 2. The molecule has 35 heavy (non-hydrogen) atoms. The zero-order valence-corrected chi connectivity index (χ0v) is 21.4. The van der Waals surface area contributed by atoms with Crippen molar-refractivity contribution in [2.24, 2.45) is 0 Å². The van der Waals surface area contributed by atoms with Gasteiger partial charge < -0.3 is 19.7 Å². The highest BCUT2D eigenvalue weighted by atomic mass is 32.2. The normalized spacial score (nSPS) is 13.4. The van der Waals surface area contributed by atoms with Gasteiger partial charge in [0.25, 0.3) is 0 Å². The molecule has 0 bridgehead atoms. The summed E-state index contributed by atoms with van der Waals surface area (Å²) < 4.78 is 37.8. The molecule has 2 amide bonds. The van der Waals surface area contributed by atoms with Gasteiger partial charge in [-0.05, 0) is 51.8 Å². The SMILES string of the molecule is CCS(=O)(=O)N(CC(=O)N(CCc1ccccc1)C(C)C(=O)NC(C)C)c1ccc2c(c1)OCO2. The van der Waals surface area contributed by atoms with Crippen LogP contribution in [0.4, 0.5) is 5.69 Å². The number of carbonyl (C=O) groups is 2. The molecule has 0 saturated carbocycles. The molecule has 2 aromatic carbocycles. The molecule has 2 aromatic rings. The number of hydrogen-bond acceptors (Lipinski definition) is 6. The number of carbonyl (C=O) groups excluding carboxylic acids is 2. The Morgan fingerprint density at radius 3 is 2.37 bits per heavy atom. The molecule has 0 aliphatic carbocycles. The molecule has 9 nitrogen and oxygen atoms in total. The second kappa shape index (κ2) is 11.4. The van der Waals surface area contributed by atoms with Gasteiger partial charge in [0.05, 0.1) is 11.4 Å². The summed E-state index contributed by atoms with van der Waals surface area (Å²) in [4.78, 5) is 27.8. The van der Waals surface area contributed by atoms with Crippen LogP contribution in [0.3, 0.4) is 0 Å². The number of amides is 2. The lowest BCUT2D eigenvalue weighted by molar-refractivity contribution is -0.139. The Hall–Kier alpha value is -3.27. The molecule has 1 N–H and O–H groups in total. The lowest BCUT2D eigenvalue weighted by atomic mass is 10.1. The maximum absolute atomic E-state index is 13.6. The fourth-order valence-corrected chi connectivity index (χ4v) is 4.79. The van der Waals surface area contributed by atoms with E-state index in [9.17, 15) is 18.0 Å². The van der Waals surface area contributed by atoms with E-state index in [1.165, 1.54) is 11.8 Å². The van der Waals surface area contributed by atoms with E-state index in [2.05, 4.69) is 5.32 Å². The van der Waals surface area contributed by atoms with E-state index >= 15 is 0 Å². The van der Waals surface area contributed by atoms with E-state index in [0.717, 1.165) is 9.87 Å². The summed E-state index contributed by atoms with van der Waals surface area (Å²) in [5.41, 5.74) is 1.31. The quantitative estimate of drug-likeness (QED) is 0.505. The molecule has 0 fully saturated rings. The summed E-state index contributed by atoms with van der Waals surface area (Å²) in [5, 5.41) is 2.84. The molecule has 0 spiro atoms. The molecule has 3 rings (SSSR count). The van der Waals surface area contributed by atoms with Gasteiger partial charge in [-0.25, -0.2) is 8.42 Å². The maximum atomic E-state index is 13.6. The van der Waals surface area contributed by atoms with Crippen molar-refractivity contribution in [2.75, 3.05) is 29.9 Å². The Morgan fingerprint density at radius 1 is 1.03 bits per heavy atom. The highest BCUT2D eigenvalue weighted by molar-refractivity contribution is 7.92. The van der Waals surface area contributed by atoms with Gasteiger partial charge in [-0.3, -0.25) is 13.9 Å². The summed E-state index contributed by atoms with van der Waals surface area (Å²) in [7, 11) is -3.80. The van der Waals surface area contributed by atoms with E-state index < -0.39 is 28.5 Å². The second-order valence-corrected chi connectivity index (χ2v) is 10.8. The van der Waals surface area contributed by atoms with Gasteiger partial charge in [0.2, 0.25) is 28.6 Å². The Morgan fingerprint density at radius 2 is 1.71 bits per heavy atom. The van der Waals surface area contributed by atoms with Gasteiger partial charge >= 0.3 is 0 Å². The van der Waals surface area contributed by atoms with E-state index in [-0.39, 0.29) is 31.0 Å². The third-order valence-electron chi connectivity index (χ3n) is 5.71. The molecular formula is C25H33N3O6S.